The summed E-state index contributed by atoms with van der Waals surface area (Å²) in [6.45, 7) is 0. The fourth-order valence-electron chi connectivity index (χ4n) is 1.39. The van der Waals surface area contributed by atoms with Gasteiger partial charge in [-0.25, -0.2) is 21.6 Å². The second-order valence-corrected chi connectivity index (χ2v) is 5.37. The maximum absolute atomic E-state index is 13.3. The molecule has 2 aromatic carbocycles. The number of nitrogens with one attached hydrogen (secondary N) is 1. The first-order chi connectivity index (χ1) is 8.88. The summed E-state index contributed by atoms with van der Waals surface area (Å²) in [4.78, 5) is -0.224. The highest BCUT2D eigenvalue weighted by Gasteiger charge is 2.16. The molecule has 0 spiro atoms. The van der Waals surface area contributed by atoms with Gasteiger partial charge in [0.15, 0.2) is 0 Å². The molecule has 0 aliphatic rings. The van der Waals surface area contributed by atoms with Crippen LogP contribution in [0.5, 0.6) is 0 Å². The zero-order valence-electron chi connectivity index (χ0n) is 9.40. The van der Waals surface area contributed by atoms with Crippen molar-refractivity contribution in [2.75, 3.05) is 4.72 Å². The van der Waals surface area contributed by atoms with Crippen LogP contribution in [0.4, 0.5) is 18.9 Å². The molecule has 0 aliphatic heterocycles. The van der Waals surface area contributed by atoms with Gasteiger partial charge >= 0.3 is 0 Å². The topological polar surface area (TPSA) is 46.2 Å². The first-order valence-corrected chi connectivity index (χ1v) is 6.60. The Hall–Kier alpha value is -2.02. The van der Waals surface area contributed by atoms with E-state index in [9.17, 15) is 21.6 Å². The van der Waals surface area contributed by atoms with Gasteiger partial charge in [-0.2, -0.15) is 0 Å². The lowest BCUT2D eigenvalue weighted by Gasteiger charge is -2.08. The molecule has 2 rings (SSSR count). The van der Waals surface area contributed by atoms with Crippen molar-refractivity contribution < 1.29 is 21.6 Å². The molecule has 7 heteroatoms. The Kier molecular flexibility index (Phi) is 3.48. The van der Waals surface area contributed by atoms with Gasteiger partial charge in [-0.3, -0.25) is 4.72 Å². The van der Waals surface area contributed by atoms with Crippen molar-refractivity contribution in [1.29, 1.82) is 0 Å². The molecular weight excluding hydrogens is 279 g/mol. The van der Waals surface area contributed by atoms with Crippen LogP contribution in [0.3, 0.4) is 0 Å². The first kappa shape index (κ1) is 13.4. The molecule has 0 saturated carbocycles. The molecule has 0 heterocycles. The van der Waals surface area contributed by atoms with Crippen molar-refractivity contribution in [1.82, 2.24) is 0 Å². The van der Waals surface area contributed by atoms with Gasteiger partial charge in [-0.05, 0) is 36.4 Å². The van der Waals surface area contributed by atoms with Crippen LogP contribution in [0, 0.1) is 17.5 Å². The maximum Gasteiger partial charge on any atom is 0.261 e. The lowest BCUT2D eigenvalue weighted by molar-refractivity contribution is 0.582. The smallest absolute Gasteiger partial charge is 0.261 e. The lowest BCUT2D eigenvalue weighted by atomic mass is 10.3. The summed E-state index contributed by atoms with van der Waals surface area (Å²) < 4.78 is 64.4. The maximum atomic E-state index is 13.3. The van der Waals surface area contributed by atoms with E-state index in [1.54, 1.807) is 0 Å². The van der Waals surface area contributed by atoms with Gasteiger partial charge in [-0.15, -0.1) is 0 Å². The molecule has 100 valence electrons. The molecule has 1 N–H and O–H groups in total. The van der Waals surface area contributed by atoms with Crippen LogP contribution in [0.15, 0.2) is 47.4 Å². The van der Waals surface area contributed by atoms with Crippen molar-refractivity contribution in [3.8, 4) is 0 Å². The van der Waals surface area contributed by atoms with Crippen LogP contribution in [-0.4, -0.2) is 8.42 Å². The average Bonchev–Trinajstić information content (AvgIpc) is 2.33. The van der Waals surface area contributed by atoms with Gasteiger partial charge in [0.2, 0.25) is 0 Å². The fourth-order valence-corrected chi connectivity index (χ4v) is 2.46. The van der Waals surface area contributed by atoms with Crippen LogP contribution in [0.2, 0.25) is 0 Å². The third kappa shape index (κ3) is 3.05. The predicted molar refractivity (Wildman–Crippen MR) is 63.6 cm³/mol. The Bertz CT molecular complexity index is 699. The summed E-state index contributed by atoms with van der Waals surface area (Å²) >= 11 is 0. The van der Waals surface area contributed by atoms with Crippen molar-refractivity contribution in [3.63, 3.8) is 0 Å². The van der Waals surface area contributed by atoms with Crippen molar-refractivity contribution in [2.24, 2.45) is 0 Å². The SMILES string of the molecule is O=S(=O)(Nc1ccc(F)cc1F)c1ccc(F)cc1. The Morgan fingerprint density at radius 3 is 2.00 bits per heavy atom. The zero-order chi connectivity index (χ0) is 14.0. The van der Waals surface area contributed by atoms with Gasteiger partial charge in [0, 0.05) is 6.07 Å². The molecule has 0 saturated heterocycles. The van der Waals surface area contributed by atoms with Crippen LogP contribution in [0.25, 0.3) is 0 Å². The minimum atomic E-state index is -4.04. The third-order valence-corrected chi connectivity index (χ3v) is 3.68. The average molecular weight is 287 g/mol. The van der Waals surface area contributed by atoms with E-state index < -0.39 is 27.5 Å². The number of rotatable bonds is 3. The highest BCUT2D eigenvalue weighted by Crippen LogP contribution is 2.20. The van der Waals surface area contributed by atoms with Crippen molar-refractivity contribution in [2.45, 2.75) is 4.90 Å². The summed E-state index contributed by atoms with van der Waals surface area (Å²) in [6, 6.07) is 6.46. The molecule has 0 atom stereocenters. The largest absolute Gasteiger partial charge is 0.277 e. The first-order valence-electron chi connectivity index (χ1n) is 5.12. The fraction of sp³-hybridized carbons (Fsp3) is 0. The molecule has 0 aliphatic carbocycles. The number of hydrogen-bond acceptors (Lipinski definition) is 2. The summed E-state index contributed by atoms with van der Waals surface area (Å²) in [5.41, 5.74) is -0.384. The molecule has 0 amide bonds. The Morgan fingerprint density at radius 1 is 0.842 bits per heavy atom. The van der Waals surface area contributed by atoms with E-state index in [2.05, 4.69) is 0 Å². The second kappa shape index (κ2) is 4.93. The molecule has 0 aromatic heterocycles. The van der Waals surface area contributed by atoms with Crippen LogP contribution in [-0.2, 0) is 10.0 Å². The van der Waals surface area contributed by atoms with Gasteiger partial charge in [0.25, 0.3) is 10.0 Å². The summed E-state index contributed by atoms with van der Waals surface area (Å²) in [5.74, 6) is -2.44. The van der Waals surface area contributed by atoms with Gasteiger partial charge in [0.05, 0.1) is 10.6 Å². The van der Waals surface area contributed by atoms with Crippen LogP contribution >= 0.6 is 0 Å². The van der Waals surface area contributed by atoms with Gasteiger partial charge < -0.3 is 0 Å². The van der Waals surface area contributed by atoms with E-state index in [1.165, 1.54) is 0 Å². The molecule has 0 bridgehead atoms. The highest BCUT2D eigenvalue weighted by molar-refractivity contribution is 7.92. The van der Waals surface area contributed by atoms with Crippen LogP contribution < -0.4 is 4.72 Å². The number of hydrogen-bond donors (Lipinski definition) is 1. The lowest BCUT2D eigenvalue weighted by Crippen LogP contribution is -2.14. The molecule has 3 nitrogen and oxygen atoms in total. The van der Waals surface area contributed by atoms with E-state index in [-0.39, 0.29) is 10.6 Å². The van der Waals surface area contributed by atoms with E-state index in [4.69, 9.17) is 0 Å². The van der Waals surface area contributed by atoms with Gasteiger partial charge in [-0.1, -0.05) is 0 Å². The van der Waals surface area contributed by atoms with E-state index >= 15 is 0 Å². The predicted octanol–water partition coefficient (Wildman–Crippen LogP) is 2.90. The zero-order valence-corrected chi connectivity index (χ0v) is 10.2. The summed E-state index contributed by atoms with van der Waals surface area (Å²) in [5, 5.41) is 0. The van der Waals surface area contributed by atoms with Crippen molar-refractivity contribution >= 4 is 15.7 Å². The highest BCUT2D eigenvalue weighted by atomic mass is 32.2. The number of anilines is 1. The molecule has 0 unspecified atom stereocenters. The third-order valence-electron chi connectivity index (χ3n) is 2.30. The standard InChI is InChI=1S/C12H8F3NO2S/c13-8-1-4-10(5-2-8)19(17,18)16-12-6-3-9(14)7-11(12)15/h1-7,16H. The normalized spacial score (nSPS) is 11.3. The molecule has 0 fully saturated rings. The quantitative estimate of drug-likeness (QED) is 0.943. The number of sulfonamides is 1. The Morgan fingerprint density at radius 2 is 1.42 bits per heavy atom. The Labute approximate surface area is 107 Å². The van der Waals surface area contributed by atoms with E-state index in [0.29, 0.717) is 6.07 Å². The van der Waals surface area contributed by atoms with Gasteiger partial charge in [0.1, 0.15) is 17.5 Å². The number of halogens is 3. The minimum absolute atomic E-state index is 0.224. The minimum Gasteiger partial charge on any atom is -0.277 e. The molecule has 0 radical (unpaired) electrons. The Balaban J connectivity index is 2.33. The van der Waals surface area contributed by atoms with Crippen LogP contribution in [0.1, 0.15) is 0 Å². The number of benzene rings is 2. The summed E-state index contributed by atoms with van der Waals surface area (Å²) in [7, 11) is -4.04. The second-order valence-electron chi connectivity index (χ2n) is 3.68. The molecule has 2 aromatic rings. The van der Waals surface area contributed by atoms with E-state index in [1.807, 2.05) is 4.72 Å². The van der Waals surface area contributed by atoms with E-state index in [0.717, 1.165) is 36.4 Å². The summed E-state index contributed by atoms with van der Waals surface area (Å²) in [6.07, 6.45) is 0. The van der Waals surface area contributed by atoms with Crippen molar-refractivity contribution in [3.05, 3.63) is 59.9 Å². The molecule has 19 heavy (non-hydrogen) atoms. The molecular formula is C12H8F3NO2S. The monoisotopic (exact) mass is 287 g/mol.